The highest BCUT2D eigenvalue weighted by molar-refractivity contribution is 8.01. The Morgan fingerprint density at radius 1 is 1.40 bits per heavy atom. The van der Waals surface area contributed by atoms with Crippen molar-refractivity contribution in [2.45, 2.75) is 54.7 Å². The van der Waals surface area contributed by atoms with E-state index in [-0.39, 0.29) is 0 Å². The first-order valence-electron chi connectivity index (χ1n) is 5.52. The number of nitrogens with two attached hydrogens (primary N) is 1. The molecule has 3 nitrogen and oxygen atoms in total. The van der Waals surface area contributed by atoms with Crippen molar-refractivity contribution in [3.63, 3.8) is 0 Å². The molecule has 15 heavy (non-hydrogen) atoms. The van der Waals surface area contributed by atoms with E-state index in [9.17, 15) is 0 Å². The van der Waals surface area contributed by atoms with Crippen LogP contribution in [0.1, 0.15) is 38.4 Å². The molecule has 0 bridgehead atoms. The zero-order valence-electron chi connectivity index (χ0n) is 8.98. The second-order valence-corrected chi connectivity index (χ2v) is 6.28. The van der Waals surface area contributed by atoms with Gasteiger partial charge < -0.3 is 5.73 Å². The van der Waals surface area contributed by atoms with Gasteiger partial charge in [-0.15, -0.1) is 0 Å². The molecule has 0 atom stereocenters. The lowest BCUT2D eigenvalue weighted by molar-refractivity contribution is 0.451. The molecular formula is C10H17N3S2. The Hall–Kier alpha value is -0.130. The van der Waals surface area contributed by atoms with Crippen LogP contribution >= 0.6 is 23.3 Å². The maximum Gasteiger partial charge on any atom is 0.170 e. The summed E-state index contributed by atoms with van der Waals surface area (Å²) in [7, 11) is 0. The number of aromatic nitrogens is 2. The third-order valence-corrected chi connectivity index (χ3v) is 4.91. The van der Waals surface area contributed by atoms with Gasteiger partial charge in [-0.05, 0) is 37.2 Å². The Morgan fingerprint density at radius 2 is 2.13 bits per heavy atom. The molecule has 0 radical (unpaired) electrons. The summed E-state index contributed by atoms with van der Waals surface area (Å²) in [6, 6.07) is 0.433. The number of thioether (sulfide) groups is 1. The van der Waals surface area contributed by atoms with Gasteiger partial charge in [0.15, 0.2) is 4.34 Å². The van der Waals surface area contributed by atoms with Gasteiger partial charge in [0.25, 0.3) is 0 Å². The van der Waals surface area contributed by atoms with Crippen LogP contribution in [0.4, 0.5) is 0 Å². The highest BCUT2D eigenvalue weighted by atomic mass is 32.2. The van der Waals surface area contributed by atoms with Gasteiger partial charge in [-0.3, -0.25) is 0 Å². The molecule has 0 amide bonds. The van der Waals surface area contributed by atoms with Gasteiger partial charge in [0.1, 0.15) is 5.82 Å². The van der Waals surface area contributed by atoms with Gasteiger partial charge in [-0.25, -0.2) is 4.98 Å². The lowest BCUT2D eigenvalue weighted by Gasteiger charge is -2.24. The lowest BCUT2D eigenvalue weighted by atomic mass is 9.96. The molecule has 1 saturated carbocycles. The van der Waals surface area contributed by atoms with E-state index in [1.54, 1.807) is 0 Å². The van der Waals surface area contributed by atoms with E-state index in [2.05, 4.69) is 16.3 Å². The Bertz CT molecular complexity index is 305. The zero-order chi connectivity index (χ0) is 10.7. The van der Waals surface area contributed by atoms with Gasteiger partial charge in [-0.2, -0.15) is 4.37 Å². The van der Waals surface area contributed by atoms with Gasteiger partial charge in [0.2, 0.25) is 0 Å². The summed E-state index contributed by atoms with van der Waals surface area (Å²) in [5.41, 5.74) is 5.88. The van der Waals surface area contributed by atoms with Gasteiger partial charge in [0.05, 0.1) is 0 Å². The summed E-state index contributed by atoms with van der Waals surface area (Å²) in [6.45, 7) is 2.09. The first kappa shape index (κ1) is 11.4. The van der Waals surface area contributed by atoms with E-state index in [0.29, 0.717) is 11.3 Å². The van der Waals surface area contributed by atoms with Crippen molar-refractivity contribution in [2.24, 2.45) is 5.73 Å². The average molecular weight is 243 g/mol. The minimum absolute atomic E-state index is 0.433. The third kappa shape index (κ3) is 3.16. The molecule has 2 rings (SSSR count). The number of hydrogen-bond donors (Lipinski definition) is 1. The second-order valence-electron chi connectivity index (χ2n) is 3.98. The van der Waals surface area contributed by atoms with Crippen molar-refractivity contribution < 1.29 is 0 Å². The number of rotatable bonds is 3. The van der Waals surface area contributed by atoms with Crippen molar-refractivity contribution in [1.82, 2.24) is 9.36 Å². The Morgan fingerprint density at radius 3 is 2.73 bits per heavy atom. The van der Waals surface area contributed by atoms with Crippen molar-refractivity contribution in [1.29, 1.82) is 0 Å². The molecule has 5 heteroatoms. The molecule has 0 unspecified atom stereocenters. The maximum absolute atomic E-state index is 5.88. The summed E-state index contributed by atoms with van der Waals surface area (Å²) in [4.78, 5) is 4.48. The molecular weight excluding hydrogens is 226 g/mol. The Kier molecular flexibility index (Phi) is 3.99. The van der Waals surface area contributed by atoms with Crippen molar-refractivity contribution in [3.8, 4) is 0 Å². The summed E-state index contributed by atoms with van der Waals surface area (Å²) in [5, 5.41) is 0.711. The summed E-state index contributed by atoms with van der Waals surface area (Å²) >= 11 is 3.43. The summed E-state index contributed by atoms with van der Waals surface area (Å²) in [5.74, 6) is 0.981. The van der Waals surface area contributed by atoms with E-state index in [0.717, 1.165) is 29.4 Å². The maximum atomic E-state index is 5.88. The van der Waals surface area contributed by atoms with Crippen LogP contribution < -0.4 is 5.73 Å². The average Bonchev–Trinajstić information content (AvgIpc) is 2.69. The van der Waals surface area contributed by atoms with Gasteiger partial charge >= 0.3 is 0 Å². The van der Waals surface area contributed by atoms with Crippen LogP contribution in [0, 0.1) is 0 Å². The van der Waals surface area contributed by atoms with Crippen molar-refractivity contribution in [2.75, 3.05) is 0 Å². The Balaban J connectivity index is 1.86. The standard InChI is InChI=1S/C10H17N3S2/c1-2-9-12-10(15-13-9)14-8-5-3-7(11)4-6-8/h7-8H,2-6,11H2,1H3. The van der Waals surface area contributed by atoms with E-state index >= 15 is 0 Å². The number of nitrogens with zero attached hydrogens (tertiary/aromatic N) is 2. The molecule has 0 spiro atoms. The minimum Gasteiger partial charge on any atom is -0.328 e. The molecule has 1 aromatic heterocycles. The fourth-order valence-electron chi connectivity index (χ4n) is 1.78. The topological polar surface area (TPSA) is 51.8 Å². The number of hydrogen-bond acceptors (Lipinski definition) is 5. The minimum atomic E-state index is 0.433. The van der Waals surface area contributed by atoms with E-state index in [1.165, 1.54) is 24.4 Å². The second kappa shape index (κ2) is 5.27. The van der Waals surface area contributed by atoms with Crippen molar-refractivity contribution >= 4 is 23.3 Å². The van der Waals surface area contributed by atoms with Crippen LogP contribution in [0.5, 0.6) is 0 Å². The largest absolute Gasteiger partial charge is 0.328 e. The molecule has 0 aliphatic heterocycles. The molecule has 0 saturated heterocycles. The molecule has 1 fully saturated rings. The van der Waals surface area contributed by atoms with E-state index in [1.807, 2.05) is 11.8 Å². The first-order valence-corrected chi connectivity index (χ1v) is 7.18. The SMILES string of the molecule is CCc1nsc(SC2CCC(N)CC2)n1. The van der Waals surface area contributed by atoms with Crippen LogP contribution in [0.3, 0.4) is 0 Å². The van der Waals surface area contributed by atoms with E-state index in [4.69, 9.17) is 5.73 Å². The monoisotopic (exact) mass is 243 g/mol. The quantitative estimate of drug-likeness (QED) is 0.886. The molecule has 84 valence electrons. The summed E-state index contributed by atoms with van der Waals surface area (Å²) < 4.78 is 5.43. The van der Waals surface area contributed by atoms with Gasteiger partial charge in [0, 0.05) is 17.7 Å². The molecule has 0 aromatic carbocycles. The fraction of sp³-hybridized carbons (Fsp3) is 0.800. The van der Waals surface area contributed by atoms with E-state index < -0.39 is 0 Å². The number of aryl methyl sites for hydroxylation is 1. The van der Waals surface area contributed by atoms with Crippen LogP contribution in [0.25, 0.3) is 0 Å². The molecule has 1 aromatic rings. The normalized spacial score (nSPS) is 26.8. The van der Waals surface area contributed by atoms with Crippen LogP contribution in [-0.4, -0.2) is 20.6 Å². The molecule has 2 N–H and O–H groups in total. The Labute approximate surface area is 99.0 Å². The predicted molar refractivity (Wildman–Crippen MR) is 65.4 cm³/mol. The molecule has 1 heterocycles. The molecule has 1 aliphatic rings. The lowest BCUT2D eigenvalue weighted by Crippen LogP contribution is -2.27. The predicted octanol–water partition coefficient (Wildman–Crippen LogP) is 2.46. The van der Waals surface area contributed by atoms with Gasteiger partial charge in [-0.1, -0.05) is 18.7 Å². The van der Waals surface area contributed by atoms with Crippen LogP contribution in [-0.2, 0) is 6.42 Å². The zero-order valence-corrected chi connectivity index (χ0v) is 10.6. The van der Waals surface area contributed by atoms with Crippen LogP contribution in [0.15, 0.2) is 4.34 Å². The smallest absolute Gasteiger partial charge is 0.170 e. The summed E-state index contributed by atoms with van der Waals surface area (Å²) in [6.07, 6.45) is 5.72. The van der Waals surface area contributed by atoms with Crippen molar-refractivity contribution in [3.05, 3.63) is 5.82 Å². The van der Waals surface area contributed by atoms with Crippen LogP contribution in [0.2, 0.25) is 0 Å². The first-order chi connectivity index (χ1) is 7.28. The fourth-order valence-corrected chi connectivity index (χ4v) is 3.92. The highest BCUT2D eigenvalue weighted by Gasteiger charge is 2.20. The third-order valence-electron chi connectivity index (χ3n) is 2.75. The molecule has 1 aliphatic carbocycles. The highest BCUT2D eigenvalue weighted by Crippen LogP contribution is 2.33.